The van der Waals surface area contributed by atoms with Crippen LogP contribution in [0.3, 0.4) is 0 Å². The summed E-state index contributed by atoms with van der Waals surface area (Å²) >= 11 is 0. The standard InChI is InChI=1S/C15H20O5/c1-18-13-4-2-3-11(5-6-14(16)17)15(13)20-12-7-9-19-10-8-12/h2-4,12H,5-10H2,1H3,(H,16,17). The molecular formula is C15H20O5. The zero-order valence-corrected chi connectivity index (χ0v) is 11.6. The van der Waals surface area contributed by atoms with Crippen LogP contribution in [0.5, 0.6) is 11.5 Å². The number of ether oxygens (including phenoxy) is 3. The van der Waals surface area contributed by atoms with Gasteiger partial charge in [-0.2, -0.15) is 0 Å². The van der Waals surface area contributed by atoms with Crippen LogP contribution in [0.15, 0.2) is 18.2 Å². The Kier molecular flexibility index (Phi) is 5.24. The molecule has 1 saturated heterocycles. The number of aliphatic carboxylic acids is 1. The molecule has 1 aliphatic heterocycles. The highest BCUT2D eigenvalue weighted by atomic mass is 16.5. The van der Waals surface area contributed by atoms with Crippen molar-refractivity contribution in [2.45, 2.75) is 31.8 Å². The number of carboxylic acid groups (broad SMARTS) is 1. The lowest BCUT2D eigenvalue weighted by molar-refractivity contribution is -0.136. The van der Waals surface area contributed by atoms with Gasteiger partial charge in [-0.05, 0) is 18.1 Å². The Morgan fingerprint density at radius 3 is 2.80 bits per heavy atom. The molecule has 0 amide bonds. The Morgan fingerprint density at radius 2 is 2.15 bits per heavy atom. The van der Waals surface area contributed by atoms with E-state index in [9.17, 15) is 4.79 Å². The van der Waals surface area contributed by atoms with Gasteiger partial charge < -0.3 is 19.3 Å². The summed E-state index contributed by atoms with van der Waals surface area (Å²) in [4.78, 5) is 10.7. The first kappa shape index (κ1) is 14.7. The van der Waals surface area contributed by atoms with Crippen molar-refractivity contribution < 1.29 is 24.1 Å². The minimum absolute atomic E-state index is 0.0807. The van der Waals surface area contributed by atoms with Crippen LogP contribution in [0.2, 0.25) is 0 Å². The van der Waals surface area contributed by atoms with E-state index in [0.29, 0.717) is 31.1 Å². The van der Waals surface area contributed by atoms with Gasteiger partial charge in [-0.3, -0.25) is 4.79 Å². The lowest BCUT2D eigenvalue weighted by Crippen LogP contribution is -2.26. The average Bonchev–Trinajstić information content (AvgIpc) is 2.47. The fourth-order valence-electron chi connectivity index (χ4n) is 2.25. The van der Waals surface area contributed by atoms with E-state index in [0.717, 1.165) is 18.4 Å². The van der Waals surface area contributed by atoms with Crippen LogP contribution in [0.25, 0.3) is 0 Å². The molecule has 0 unspecified atom stereocenters. The van der Waals surface area contributed by atoms with E-state index in [2.05, 4.69) is 0 Å². The van der Waals surface area contributed by atoms with Gasteiger partial charge in [0, 0.05) is 19.3 Å². The second-order valence-corrected chi connectivity index (χ2v) is 4.77. The number of methoxy groups -OCH3 is 1. The fraction of sp³-hybridized carbons (Fsp3) is 0.533. The first-order valence-electron chi connectivity index (χ1n) is 6.82. The molecule has 2 rings (SSSR count). The van der Waals surface area contributed by atoms with Crippen LogP contribution in [-0.4, -0.2) is 37.5 Å². The predicted molar refractivity (Wildman–Crippen MR) is 73.4 cm³/mol. The van der Waals surface area contributed by atoms with E-state index in [1.165, 1.54) is 0 Å². The van der Waals surface area contributed by atoms with E-state index in [1.807, 2.05) is 18.2 Å². The molecule has 1 fully saturated rings. The number of hydrogen-bond donors (Lipinski definition) is 1. The number of aryl methyl sites for hydroxylation is 1. The van der Waals surface area contributed by atoms with Crippen molar-refractivity contribution in [3.8, 4) is 11.5 Å². The topological polar surface area (TPSA) is 65.0 Å². The summed E-state index contributed by atoms with van der Waals surface area (Å²) < 4.78 is 16.7. The van der Waals surface area contributed by atoms with Crippen molar-refractivity contribution in [2.75, 3.05) is 20.3 Å². The second-order valence-electron chi connectivity index (χ2n) is 4.77. The molecule has 0 aliphatic carbocycles. The van der Waals surface area contributed by atoms with E-state index in [-0.39, 0.29) is 12.5 Å². The maximum atomic E-state index is 10.7. The monoisotopic (exact) mass is 280 g/mol. The van der Waals surface area contributed by atoms with Gasteiger partial charge in [0.1, 0.15) is 6.10 Å². The lowest BCUT2D eigenvalue weighted by atomic mass is 10.1. The summed E-state index contributed by atoms with van der Waals surface area (Å²) in [6, 6.07) is 5.58. The van der Waals surface area contributed by atoms with E-state index < -0.39 is 5.97 Å². The summed E-state index contributed by atoms with van der Waals surface area (Å²) in [5.41, 5.74) is 0.873. The van der Waals surface area contributed by atoms with Crippen LogP contribution >= 0.6 is 0 Å². The van der Waals surface area contributed by atoms with Gasteiger partial charge >= 0.3 is 5.97 Å². The molecule has 0 radical (unpaired) electrons. The molecule has 1 heterocycles. The first-order chi connectivity index (χ1) is 9.70. The van der Waals surface area contributed by atoms with Gasteiger partial charge in [-0.1, -0.05) is 12.1 Å². The molecule has 0 aromatic heterocycles. The van der Waals surface area contributed by atoms with E-state index in [4.69, 9.17) is 19.3 Å². The Bertz CT molecular complexity index is 452. The highest BCUT2D eigenvalue weighted by Crippen LogP contribution is 2.34. The largest absolute Gasteiger partial charge is 0.493 e. The Balaban J connectivity index is 2.15. The maximum Gasteiger partial charge on any atom is 0.303 e. The van der Waals surface area contributed by atoms with Crippen LogP contribution < -0.4 is 9.47 Å². The van der Waals surface area contributed by atoms with Crippen molar-refractivity contribution in [3.63, 3.8) is 0 Å². The van der Waals surface area contributed by atoms with Crippen molar-refractivity contribution >= 4 is 5.97 Å². The summed E-state index contributed by atoms with van der Waals surface area (Å²) in [5.74, 6) is 0.507. The third kappa shape index (κ3) is 3.87. The minimum atomic E-state index is -0.815. The van der Waals surface area contributed by atoms with E-state index in [1.54, 1.807) is 7.11 Å². The number of carboxylic acids is 1. The normalized spacial score (nSPS) is 15.8. The third-order valence-corrected chi connectivity index (χ3v) is 3.34. The second kappa shape index (κ2) is 7.14. The molecule has 0 bridgehead atoms. The van der Waals surface area contributed by atoms with Gasteiger partial charge in [0.25, 0.3) is 0 Å². The number of para-hydroxylation sites is 1. The van der Waals surface area contributed by atoms with Crippen LogP contribution in [0.1, 0.15) is 24.8 Å². The van der Waals surface area contributed by atoms with Crippen molar-refractivity contribution in [2.24, 2.45) is 0 Å². The SMILES string of the molecule is COc1cccc(CCC(=O)O)c1OC1CCOCC1. The molecule has 5 heteroatoms. The quantitative estimate of drug-likeness (QED) is 0.866. The number of carbonyl (C=O) groups is 1. The molecule has 1 N–H and O–H groups in total. The molecule has 0 spiro atoms. The minimum Gasteiger partial charge on any atom is -0.493 e. The molecular weight excluding hydrogens is 260 g/mol. The summed E-state index contributed by atoms with van der Waals surface area (Å²) in [5, 5.41) is 8.83. The number of rotatable bonds is 6. The van der Waals surface area contributed by atoms with Crippen LogP contribution in [0.4, 0.5) is 0 Å². The third-order valence-electron chi connectivity index (χ3n) is 3.34. The van der Waals surface area contributed by atoms with Gasteiger partial charge in [-0.15, -0.1) is 0 Å². The zero-order valence-electron chi connectivity index (χ0n) is 11.6. The molecule has 5 nitrogen and oxygen atoms in total. The van der Waals surface area contributed by atoms with Gasteiger partial charge in [0.15, 0.2) is 11.5 Å². The van der Waals surface area contributed by atoms with E-state index >= 15 is 0 Å². The molecule has 110 valence electrons. The summed E-state index contributed by atoms with van der Waals surface area (Å²) in [7, 11) is 1.59. The highest BCUT2D eigenvalue weighted by molar-refractivity contribution is 5.67. The van der Waals surface area contributed by atoms with Gasteiger partial charge in [0.2, 0.25) is 0 Å². The van der Waals surface area contributed by atoms with Crippen molar-refractivity contribution in [3.05, 3.63) is 23.8 Å². The van der Waals surface area contributed by atoms with Crippen LogP contribution in [-0.2, 0) is 16.0 Å². The maximum absolute atomic E-state index is 10.7. The molecule has 1 aromatic carbocycles. The highest BCUT2D eigenvalue weighted by Gasteiger charge is 2.19. The fourth-order valence-corrected chi connectivity index (χ4v) is 2.25. The molecule has 1 aliphatic rings. The lowest BCUT2D eigenvalue weighted by Gasteiger charge is -2.25. The molecule has 0 saturated carbocycles. The van der Waals surface area contributed by atoms with Crippen molar-refractivity contribution in [1.29, 1.82) is 0 Å². The van der Waals surface area contributed by atoms with Crippen LogP contribution in [0, 0.1) is 0 Å². The van der Waals surface area contributed by atoms with Gasteiger partial charge in [0.05, 0.1) is 20.3 Å². The first-order valence-corrected chi connectivity index (χ1v) is 6.82. The Labute approximate surface area is 118 Å². The summed E-state index contributed by atoms with van der Waals surface area (Å²) in [6.07, 6.45) is 2.30. The number of benzene rings is 1. The average molecular weight is 280 g/mol. The predicted octanol–water partition coefficient (Wildman–Crippen LogP) is 2.27. The zero-order chi connectivity index (χ0) is 14.4. The van der Waals surface area contributed by atoms with Gasteiger partial charge in [-0.25, -0.2) is 0 Å². The molecule has 1 aromatic rings. The Hall–Kier alpha value is -1.75. The smallest absolute Gasteiger partial charge is 0.303 e. The van der Waals surface area contributed by atoms with Crippen molar-refractivity contribution in [1.82, 2.24) is 0 Å². The molecule has 0 atom stereocenters. The molecule has 20 heavy (non-hydrogen) atoms. The summed E-state index contributed by atoms with van der Waals surface area (Å²) in [6.45, 7) is 1.40. The Morgan fingerprint density at radius 1 is 1.40 bits per heavy atom. The number of hydrogen-bond acceptors (Lipinski definition) is 4.